The molecule has 0 atom stereocenters. The maximum Gasteiger partial charge on any atom is 0.387 e. The van der Waals surface area contributed by atoms with Gasteiger partial charge in [-0.3, -0.25) is 4.90 Å². The van der Waals surface area contributed by atoms with Gasteiger partial charge in [0.2, 0.25) is 0 Å². The molecule has 1 fully saturated rings. The first-order valence-corrected chi connectivity index (χ1v) is 6.19. The fourth-order valence-corrected chi connectivity index (χ4v) is 2.21. The Balaban J connectivity index is 1.99. The lowest BCUT2D eigenvalue weighted by Gasteiger charge is -2.27. The lowest BCUT2D eigenvalue weighted by molar-refractivity contribution is -0.0498. The third-order valence-electron chi connectivity index (χ3n) is 2.83. The minimum atomic E-state index is -2.85. The standard InChI is InChI=1S/C12H15ClF2N2O/c13-10-7-9(1-2-11(10)18-12(14)15)8-17-5-3-16-4-6-17/h1-2,7,12,16H,3-6,8H2. The van der Waals surface area contributed by atoms with Gasteiger partial charge in [0.25, 0.3) is 0 Å². The lowest BCUT2D eigenvalue weighted by atomic mass is 10.2. The molecule has 0 radical (unpaired) electrons. The second-order valence-electron chi connectivity index (χ2n) is 4.17. The molecule has 0 saturated carbocycles. The van der Waals surface area contributed by atoms with Gasteiger partial charge in [-0.05, 0) is 17.7 Å². The molecule has 0 unspecified atom stereocenters. The van der Waals surface area contributed by atoms with Crippen LogP contribution in [0.15, 0.2) is 18.2 Å². The summed E-state index contributed by atoms with van der Waals surface area (Å²) >= 11 is 5.90. The zero-order valence-corrected chi connectivity index (χ0v) is 10.6. The molecule has 1 heterocycles. The van der Waals surface area contributed by atoms with E-state index < -0.39 is 6.61 Å². The summed E-state index contributed by atoms with van der Waals surface area (Å²) in [7, 11) is 0. The highest BCUT2D eigenvalue weighted by molar-refractivity contribution is 6.32. The predicted octanol–water partition coefficient (Wildman–Crippen LogP) is 2.35. The monoisotopic (exact) mass is 276 g/mol. The van der Waals surface area contributed by atoms with Crippen LogP contribution in [0.3, 0.4) is 0 Å². The molecule has 1 aromatic carbocycles. The number of alkyl halides is 2. The van der Waals surface area contributed by atoms with Gasteiger partial charge >= 0.3 is 6.61 Å². The van der Waals surface area contributed by atoms with E-state index in [9.17, 15) is 8.78 Å². The molecular weight excluding hydrogens is 262 g/mol. The topological polar surface area (TPSA) is 24.5 Å². The number of piperazine rings is 1. The van der Waals surface area contributed by atoms with Gasteiger partial charge < -0.3 is 10.1 Å². The number of nitrogens with zero attached hydrogens (tertiary/aromatic N) is 1. The van der Waals surface area contributed by atoms with Crippen molar-refractivity contribution >= 4 is 11.6 Å². The number of ether oxygens (including phenoxy) is 1. The molecule has 2 rings (SSSR count). The molecule has 1 aromatic rings. The van der Waals surface area contributed by atoms with Crippen LogP contribution in [0.25, 0.3) is 0 Å². The van der Waals surface area contributed by atoms with E-state index >= 15 is 0 Å². The van der Waals surface area contributed by atoms with Crippen molar-refractivity contribution in [1.82, 2.24) is 10.2 Å². The second-order valence-corrected chi connectivity index (χ2v) is 4.58. The van der Waals surface area contributed by atoms with Crippen molar-refractivity contribution in [1.29, 1.82) is 0 Å². The van der Waals surface area contributed by atoms with Crippen LogP contribution >= 0.6 is 11.6 Å². The van der Waals surface area contributed by atoms with Crippen molar-refractivity contribution in [3.8, 4) is 5.75 Å². The molecule has 0 bridgehead atoms. The van der Waals surface area contributed by atoms with Crippen molar-refractivity contribution in [2.45, 2.75) is 13.2 Å². The van der Waals surface area contributed by atoms with Crippen molar-refractivity contribution in [2.24, 2.45) is 0 Å². The molecule has 0 aromatic heterocycles. The third-order valence-corrected chi connectivity index (χ3v) is 3.12. The minimum absolute atomic E-state index is 0.0238. The predicted molar refractivity (Wildman–Crippen MR) is 66.2 cm³/mol. The molecule has 1 saturated heterocycles. The number of halogens is 3. The first kappa shape index (κ1) is 13.5. The highest BCUT2D eigenvalue weighted by Gasteiger charge is 2.12. The lowest BCUT2D eigenvalue weighted by Crippen LogP contribution is -2.42. The Morgan fingerprint density at radius 2 is 2.06 bits per heavy atom. The van der Waals surface area contributed by atoms with Crippen LogP contribution < -0.4 is 10.1 Å². The Labute approximate surface area is 110 Å². The van der Waals surface area contributed by atoms with E-state index in [0.29, 0.717) is 0 Å². The molecule has 1 aliphatic rings. The van der Waals surface area contributed by atoms with Gasteiger partial charge in [0.15, 0.2) is 0 Å². The summed E-state index contributed by atoms with van der Waals surface area (Å²) in [6.45, 7) is 1.83. The summed E-state index contributed by atoms with van der Waals surface area (Å²) in [6, 6.07) is 4.94. The normalized spacial score (nSPS) is 17.1. The quantitative estimate of drug-likeness (QED) is 0.914. The van der Waals surface area contributed by atoms with Crippen LogP contribution in [0.2, 0.25) is 5.02 Å². The van der Waals surface area contributed by atoms with Crippen molar-refractivity contribution in [3.63, 3.8) is 0 Å². The van der Waals surface area contributed by atoms with Crippen molar-refractivity contribution < 1.29 is 13.5 Å². The maximum absolute atomic E-state index is 12.1. The van der Waals surface area contributed by atoms with Gasteiger partial charge in [-0.25, -0.2) is 0 Å². The molecule has 18 heavy (non-hydrogen) atoms. The molecular formula is C12H15ClF2N2O. The van der Waals surface area contributed by atoms with Crippen LogP contribution in [-0.4, -0.2) is 37.7 Å². The summed E-state index contributed by atoms with van der Waals surface area (Å²) in [4.78, 5) is 2.29. The van der Waals surface area contributed by atoms with Gasteiger partial charge in [-0.15, -0.1) is 0 Å². The Kier molecular flexibility index (Phi) is 4.74. The van der Waals surface area contributed by atoms with Crippen molar-refractivity contribution in [2.75, 3.05) is 26.2 Å². The number of benzene rings is 1. The van der Waals surface area contributed by atoms with Crippen LogP contribution in [0.4, 0.5) is 8.78 Å². The highest BCUT2D eigenvalue weighted by atomic mass is 35.5. The molecule has 100 valence electrons. The average molecular weight is 277 g/mol. The minimum Gasteiger partial charge on any atom is -0.433 e. The van der Waals surface area contributed by atoms with E-state index in [0.717, 1.165) is 38.3 Å². The van der Waals surface area contributed by atoms with E-state index in [1.807, 2.05) is 0 Å². The van der Waals surface area contributed by atoms with Crippen LogP contribution in [-0.2, 0) is 6.54 Å². The Bertz CT molecular complexity index is 398. The van der Waals surface area contributed by atoms with E-state index in [-0.39, 0.29) is 10.8 Å². The summed E-state index contributed by atoms with van der Waals surface area (Å²) in [5.74, 6) is 0.0238. The van der Waals surface area contributed by atoms with E-state index in [4.69, 9.17) is 11.6 Å². The summed E-state index contributed by atoms with van der Waals surface area (Å²) < 4.78 is 28.5. The Hall–Kier alpha value is -0.910. The van der Waals surface area contributed by atoms with Crippen LogP contribution in [0, 0.1) is 0 Å². The summed E-state index contributed by atoms with van der Waals surface area (Å²) in [5, 5.41) is 3.50. The van der Waals surface area contributed by atoms with Crippen LogP contribution in [0.5, 0.6) is 5.75 Å². The average Bonchev–Trinajstić information content (AvgIpc) is 2.33. The van der Waals surface area contributed by atoms with E-state index in [1.54, 1.807) is 12.1 Å². The SMILES string of the molecule is FC(F)Oc1ccc(CN2CCNCC2)cc1Cl. The molecule has 1 N–H and O–H groups in total. The summed E-state index contributed by atoms with van der Waals surface area (Å²) in [6.07, 6.45) is 0. The number of hydrogen-bond donors (Lipinski definition) is 1. The largest absolute Gasteiger partial charge is 0.433 e. The van der Waals surface area contributed by atoms with E-state index in [1.165, 1.54) is 6.07 Å². The summed E-state index contributed by atoms with van der Waals surface area (Å²) in [5.41, 5.74) is 1.00. The smallest absolute Gasteiger partial charge is 0.387 e. The number of rotatable bonds is 4. The molecule has 0 amide bonds. The van der Waals surface area contributed by atoms with Gasteiger partial charge in [-0.1, -0.05) is 17.7 Å². The molecule has 6 heteroatoms. The van der Waals surface area contributed by atoms with Gasteiger partial charge in [0.1, 0.15) is 5.75 Å². The Morgan fingerprint density at radius 3 is 2.67 bits per heavy atom. The highest BCUT2D eigenvalue weighted by Crippen LogP contribution is 2.27. The second kappa shape index (κ2) is 6.31. The number of hydrogen-bond acceptors (Lipinski definition) is 3. The van der Waals surface area contributed by atoms with Gasteiger partial charge in [-0.2, -0.15) is 8.78 Å². The van der Waals surface area contributed by atoms with E-state index in [2.05, 4.69) is 15.0 Å². The number of nitrogens with one attached hydrogen (secondary N) is 1. The molecule has 1 aliphatic heterocycles. The van der Waals surface area contributed by atoms with Crippen LogP contribution in [0.1, 0.15) is 5.56 Å². The fraction of sp³-hybridized carbons (Fsp3) is 0.500. The third kappa shape index (κ3) is 3.80. The van der Waals surface area contributed by atoms with Gasteiger partial charge in [0.05, 0.1) is 5.02 Å². The first-order chi connectivity index (χ1) is 8.65. The van der Waals surface area contributed by atoms with Gasteiger partial charge in [0, 0.05) is 32.7 Å². The molecule has 0 spiro atoms. The fourth-order valence-electron chi connectivity index (χ4n) is 1.96. The van der Waals surface area contributed by atoms with Crippen molar-refractivity contribution in [3.05, 3.63) is 28.8 Å². The maximum atomic E-state index is 12.1. The first-order valence-electron chi connectivity index (χ1n) is 5.81. The zero-order chi connectivity index (χ0) is 13.0. The molecule has 3 nitrogen and oxygen atoms in total. The Morgan fingerprint density at radius 1 is 1.33 bits per heavy atom. The zero-order valence-electron chi connectivity index (χ0n) is 9.83. The molecule has 0 aliphatic carbocycles.